The minimum absolute atomic E-state index is 0. The Hall–Kier alpha value is -7.60. The van der Waals surface area contributed by atoms with E-state index < -0.39 is 0 Å². The molecule has 0 saturated heterocycles. The van der Waals surface area contributed by atoms with Gasteiger partial charge in [-0.1, -0.05) is 125 Å². The molecule has 0 aliphatic carbocycles. The van der Waals surface area contributed by atoms with Gasteiger partial charge in [-0.2, -0.15) is 12.1 Å². The molecule has 13 rings (SSSR count). The number of pyridine rings is 1. The van der Waals surface area contributed by atoms with Gasteiger partial charge in [0, 0.05) is 72.8 Å². The molecule has 8 heteroatoms. The van der Waals surface area contributed by atoms with Crippen LogP contribution >= 0.6 is 0 Å². The number of para-hydroxylation sites is 5. The second kappa shape index (κ2) is 16.0. The van der Waals surface area contributed by atoms with Crippen molar-refractivity contribution >= 4 is 61.6 Å². The third-order valence-electron chi connectivity index (χ3n) is 13.8. The van der Waals surface area contributed by atoms with Crippen LogP contribution in [0.15, 0.2) is 182 Å². The largest absolute Gasteiger partial charge is 0.509 e. The van der Waals surface area contributed by atoms with Crippen molar-refractivity contribution in [1.29, 1.82) is 0 Å². The summed E-state index contributed by atoms with van der Waals surface area (Å²) in [6.45, 7) is 13.5. The molecule has 0 amide bonds. The van der Waals surface area contributed by atoms with Gasteiger partial charge in [-0.3, -0.25) is 0 Å². The number of hydrogen-bond donors (Lipinski definition) is 0. The van der Waals surface area contributed by atoms with Crippen LogP contribution in [0.25, 0.3) is 38.8 Å². The summed E-state index contributed by atoms with van der Waals surface area (Å²) in [6, 6.07) is 69.0. The van der Waals surface area contributed by atoms with Crippen LogP contribution in [0.2, 0.25) is 0 Å². The molecule has 0 fully saturated rings. The van der Waals surface area contributed by atoms with Crippen LogP contribution in [0.1, 0.15) is 51.3 Å². The Morgan fingerprint density at radius 3 is 2.13 bits per heavy atom. The predicted octanol–water partition coefficient (Wildman–Crippen LogP) is 16.2. The van der Waals surface area contributed by atoms with Gasteiger partial charge < -0.3 is 28.7 Å². The minimum Gasteiger partial charge on any atom is -0.509 e. The molecule has 8 aromatic carbocycles. The van der Waals surface area contributed by atoms with E-state index in [0.717, 1.165) is 78.8 Å². The van der Waals surface area contributed by atoms with Gasteiger partial charge in [0.2, 0.25) is 0 Å². The van der Waals surface area contributed by atoms with E-state index in [9.17, 15) is 0 Å². The Balaban J connectivity index is 0.00000492. The van der Waals surface area contributed by atoms with Gasteiger partial charge in [-0.15, -0.1) is 48.1 Å². The monoisotopic (exact) mass is 1080 g/mol. The Morgan fingerprint density at radius 2 is 1.32 bits per heavy atom. The summed E-state index contributed by atoms with van der Waals surface area (Å²) in [7, 11) is 0. The summed E-state index contributed by atoms with van der Waals surface area (Å²) in [6.07, 6.45) is 1.91. The molecule has 0 saturated carbocycles. The van der Waals surface area contributed by atoms with Crippen molar-refractivity contribution in [3.8, 4) is 39.9 Å². The van der Waals surface area contributed by atoms with Crippen molar-refractivity contribution in [3.05, 3.63) is 218 Å². The van der Waals surface area contributed by atoms with Gasteiger partial charge in [0.1, 0.15) is 5.82 Å². The first-order valence-electron chi connectivity index (χ1n) is 23.2. The number of benzene rings is 8. The quantitative estimate of drug-likeness (QED) is 0.155. The fourth-order valence-corrected chi connectivity index (χ4v) is 10.4. The van der Waals surface area contributed by atoms with E-state index >= 15 is 0 Å². The van der Waals surface area contributed by atoms with Crippen LogP contribution < -0.4 is 24.2 Å². The molecule has 69 heavy (non-hydrogen) atoms. The molecule has 0 unspecified atom stereocenters. The third-order valence-corrected chi connectivity index (χ3v) is 13.8. The molecule has 3 aliphatic heterocycles. The molecule has 7 nitrogen and oxygen atoms in total. The second-order valence-electron chi connectivity index (χ2n) is 19.4. The normalized spacial score (nSPS) is 14.1. The fourth-order valence-electron chi connectivity index (χ4n) is 10.4. The zero-order valence-electron chi connectivity index (χ0n) is 38.8. The van der Waals surface area contributed by atoms with E-state index in [0.29, 0.717) is 11.5 Å². The second-order valence-corrected chi connectivity index (χ2v) is 19.4. The van der Waals surface area contributed by atoms with Crippen LogP contribution in [0.5, 0.6) is 23.0 Å². The number of fused-ring (bicyclic) bond motifs is 8. The van der Waals surface area contributed by atoms with Gasteiger partial charge in [0.25, 0.3) is 0 Å². The number of ether oxygens (including phenoxy) is 2. The first-order valence-corrected chi connectivity index (χ1v) is 23.2. The Bertz CT molecular complexity index is 3670. The van der Waals surface area contributed by atoms with Crippen LogP contribution in [0.4, 0.5) is 39.8 Å². The summed E-state index contributed by atoms with van der Waals surface area (Å²) in [5.41, 5.74) is 14.8. The number of nitrogens with zero attached hydrogens (tertiary/aromatic N) is 5. The summed E-state index contributed by atoms with van der Waals surface area (Å²) in [4.78, 5) is 11.7. The zero-order chi connectivity index (χ0) is 45.9. The average molecular weight is 1080 g/mol. The maximum Gasteiger partial charge on any atom is 0.153 e. The van der Waals surface area contributed by atoms with E-state index in [4.69, 9.17) is 14.5 Å². The summed E-state index contributed by atoms with van der Waals surface area (Å²) >= 11 is 0. The molecular formula is C61H46N5O2Pt-3. The van der Waals surface area contributed by atoms with Crippen molar-refractivity contribution < 1.29 is 30.5 Å². The van der Waals surface area contributed by atoms with E-state index in [1.54, 1.807) is 0 Å². The molecule has 5 heterocycles. The Kier molecular flexibility index (Phi) is 9.91. The SMILES string of the molecule is CC(C)(C)c1ccnc(-n2c3[c-]c(Oc4[c-]c(N5[CH-]N(c6cc7c8c(c6)C(C)(C)c6ccccc6N8c6ccccc6O7)c6ccccc65)ccc4)ccc3c3cc(-c4ccccc4)ccc32)c1.[Pt]. The number of anilines is 7. The van der Waals surface area contributed by atoms with Crippen LogP contribution in [0.3, 0.4) is 0 Å². The van der Waals surface area contributed by atoms with Crippen LogP contribution in [0, 0.1) is 18.8 Å². The predicted molar refractivity (Wildman–Crippen MR) is 275 cm³/mol. The van der Waals surface area contributed by atoms with Crippen LogP contribution in [-0.4, -0.2) is 9.55 Å². The van der Waals surface area contributed by atoms with Crippen molar-refractivity contribution in [1.82, 2.24) is 9.55 Å². The van der Waals surface area contributed by atoms with E-state index in [1.807, 2.05) is 30.5 Å². The molecule has 0 N–H and O–H groups in total. The maximum absolute atomic E-state index is 6.80. The molecule has 2 aromatic heterocycles. The van der Waals surface area contributed by atoms with Crippen molar-refractivity contribution in [2.45, 2.75) is 45.4 Å². The Labute approximate surface area is 417 Å². The minimum atomic E-state index is -0.298. The molecule has 0 spiro atoms. The van der Waals surface area contributed by atoms with Gasteiger partial charge in [0.05, 0.1) is 17.1 Å². The van der Waals surface area contributed by atoms with Gasteiger partial charge in [-0.05, 0) is 93.2 Å². The zero-order valence-corrected chi connectivity index (χ0v) is 41.0. The van der Waals surface area contributed by atoms with Crippen molar-refractivity contribution in [2.24, 2.45) is 0 Å². The molecule has 0 bridgehead atoms. The van der Waals surface area contributed by atoms with E-state index in [2.05, 4.69) is 224 Å². The molecule has 3 aliphatic rings. The van der Waals surface area contributed by atoms with Gasteiger partial charge >= 0.3 is 0 Å². The third kappa shape index (κ3) is 6.85. The van der Waals surface area contributed by atoms with E-state index in [1.165, 1.54) is 27.9 Å². The first kappa shape index (κ1) is 42.7. The summed E-state index contributed by atoms with van der Waals surface area (Å²) < 4.78 is 15.7. The number of aromatic nitrogens is 2. The number of rotatable bonds is 6. The van der Waals surface area contributed by atoms with Crippen molar-refractivity contribution in [3.63, 3.8) is 0 Å². The molecule has 10 aromatic rings. The smallest absolute Gasteiger partial charge is 0.153 e. The Morgan fingerprint density at radius 1 is 0.594 bits per heavy atom. The molecule has 0 radical (unpaired) electrons. The maximum atomic E-state index is 6.80. The van der Waals surface area contributed by atoms with Gasteiger partial charge in [-0.25, -0.2) is 4.98 Å². The summed E-state index contributed by atoms with van der Waals surface area (Å²) in [5.74, 6) is 3.66. The van der Waals surface area contributed by atoms with Gasteiger partial charge in [0.15, 0.2) is 11.5 Å². The molecular weight excluding hydrogens is 1030 g/mol. The van der Waals surface area contributed by atoms with Crippen molar-refractivity contribution in [2.75, 3.05) is 14.7 Å². The standard InChI is InChI=1S/C61H46N5O2.Pt/c1-60(2,3)41-30-31-62-58(33-41)65-50-29-26-40(39-16-7-6-8-17-39)32-47(50)46-28-27-45(37-55(46)65)67-44-19-15-18-42(34-44)63-38-64(53-23-12-11-22-52(53)63)43-35-49-59-57(36-43)68-56-25-14-13-24-54(56)66(59)51-21-10-9-20-48(51)61(49,4)5;/h6-33,35-36,38H,1-5H3;/q-3;. The number of hydrogen-bond acceptors (Lipinski definition) is 6. The van der Waals surface area contributed by atoms with E-state index in [-0.39, 0.29) is 31.9 Å². The molecule has 340 valence electrons. The first-order chi connectivity index (χ1) is 33.1. The fraction of sp³-hybridized carbons (Fsp3) is 0.115. The topological polar surface area (TPSA) is 46.0 Å². The molecule has 0 atom stereocenters. The van der Waals surface area contributed by atoms with Crippen LogP contribution in [-0.2, 0) is 31.9 Å². The summed E-state index contributed by atoms with van der Waals surface area (Å²) in [5, 5.41) is 2.19. The average Bonchev–Trinajstić information content (AvgIpc) is 3.91.